The van der Waals surface area contributed by atoms with Gasteiger partial charge in [-0.3, -0.25) is 4.79 Å². The molecule has 1 aromatic carbocycles. The molecule has 3 rings (SSSR count). The van der Waals surface area contributed by atoms with Crippen molar-refractivity contribution in [2.24, 2.45) is 10.3 Å². The summed E-state index contributed by atoms with van der Waals surface area (Å²) in [4.78, 5) is 14.1. The van der Waals surface area contributed by atoms with Crippen LogP contribution >= 0.6 is 0 Å². The van der Waals surface area contributed by atoms with Gasteiger partial charge in [0.05, 0.1) is 6.54 Å². The number of fused-ring (bicyclic) bond motifs is 1. The maximum absolute atomic E-state index is 12.3. The summed E-state index contributed by atoms with van der Waals surface area (Å²) >= 11 is 0. The van der Waals surface area contributed by atoms with Crippen LogP contribution in [0.4, 0.5) is 0 Å². The lowest BCUT2D eigenvalue weighted by Crippen LogP contribution is -2.43. The molecule has 0 saturated heterocycles. The largest absolute Gasteiger partial charge is 0.352 e. The minimum absolute atomic E-state index is 0.0920. The highest BCUT2D eigenvalue weighted by atomic mass is 32.2. The summed E-state index contributed by atoms with van der Waals surface area (Å²) in [5, 5.41) is 3.05. The monoisotopic (exact) mass is 349 g/mol. The van der Waals surface area contributed by atoms with Crippen LogP contribution in [0.2, 0.25) is 0 Å². The van der Waals surface area contributed by atoms with Gasteiger partial charge in [0.1, 0.15) is 4.90 Å². The maximum Gasteiger partial charge on any atom is 0.285 e. The molecule has 1 fully saturated rings. The molecule has 1 aliphatic carbocycles. The van der Waals surface area contributed by atoms with Crippen LogP contribution in [0.15, 0.2) is 33.6 Å². The molecule has 24 heavy (non-hydrogen) atoms. The maximum atomic E-state index is 12.3. The van der Waals surface area contributed by atoms with Crippen LogP contribution in [0.25, 0.3) is 0 Å². The molecule has 7 heteroatoms. The van der Waals surface area contributed by atoms with Gasteiger partial charge in [-0.15, -0.1) is 4.40 Å². The Morgan fingerprint density at radius 2 is 1.92 bits per heavy atom. The predicted octanol–water partition coefficient (Wildman–Crippen LogP) is 1.76. The SMILES string of the molecule is CC1CCC(NC(=O)CN(C)C2=NS(=O)(=O)c3ccccc32)CC1. The Balaban J connectivity index is 1.65. The molecule has 0 aromatic heterocycles. The van der Waals surface area contributed by atoms with Crippen LogP contribution in [0.1, 0.15) is 38.2 Å². The Bertz CT molecular complexity index is 765. The first-order valence-corrected chi connectivity index (χ1v) is 9.75. The molecular weight excluding hydrogens is 326 g/mol. The van der Waals surface area contributed by atoms with Crippen LogP contribution in [-0.4, -0.2) is 44.7 Å². The lowest BCUT2D eigenvalue weighted by molar-refractivity contribution is -0.122. The van der Waals surface area contributed by atoms with Crippen molar-refractivity contribution in [3.05, 3.63) is 29.8 Å². The molecule has 0 bridgehead atoms. The zero-order chi connectivity index (χ0) is 17.3. The van der Waals surface area contributed by atoms with Crippen LogP contribution in [0.3, 0.4) is 0 Å². The highest BCUT2D eigenvalue weighted by Crippen LogP contribution is 2.27. The van der Waals surface area contributed by atoms with Crippen molar-refractivity contribution in [1.82, 2.24) is 10.2 Å². The second-order valence-electron chi connectivity index (χ2n) is 6.77. The number of benzene rings is 1. The molecule has 1 saturated carbocycles. The van der Waals surface area contributed by atoms with Crippen LogP contribution < -0.4 is 5.32 Å². The molecule has 130 valence electrons. The van der Waals surface area contributed by atoms with Gasteiger partial charge in [0.25, 0.3) is 10.0 Å². The molecule has 1 N–H and O–H groups in total. The molecule has 2 aliphatic rings. The van der Waals surface area contributed by atoms with E-state index in [0.717, 1.165) is 31.6 Å². The van der Waals surface area contributed by atoms with E-state index in [1.165, 1.54) is 6.07 Å². The third-order valence-electron chi connectivity index (χ3n) is 4.74. The van der Waals surface area contributed by atoms with Crippen molar-refractivity contribution < 1.29 is 13.2 Å². The van der Waals surface area contributed by atoms with Crippen LogP contribution in [-0.2, 0) is 14.8 Å². The first-order chi connectivity index (χ1) is 11.4. The number of likely N-dealkylation sites (N-methyl/N-ethyl adjacent to an activating group) is 1. The molecule has 0 radical (unpaired) electrons. The number of rotatable bonds is 3. The van der Waals surface area contributed by atoms with Crippen molar-refractivity contribution in [2.75, 3.05) is 13.6 Å². The van der Waals surface area contributed by atoms with Gasteiger partial charge in [0.2, 0.25) is 5.91 Å². The van der Waals surface area contributed by atoms with Crippen molar-refractivity contribution in [1.29, 1.82) is 0 Å². The molecule has 1 aliphatic heterocycles. The molecule has 6 nitrogen and oxygen atoms in total. The predicted molar refractivity (Wildman–Crippen MR) is 92.4 cm³/mol. The van der Waals surface area contributed by atoms with Gasteiger partial charge in [-0.1, -0.05) is 19.1 Å². The summed E-state index contributed by atoms with van der Waals surface area (Å²) in [7, 11) is -1.96. The van der Waals surface area contributed by atoms with E-state index in [2.05, 4.69) is 16.6 Å². The van der Waals surface area contributed by atoms with Gasteiger partial charge < -0.3 is 10.2 Å². The van der Waals surface area contributed by atoms with Crippen LogP contribution in [0, 0.1) is 5.92 Å². The highest BCUT2D eigenvalue weighted by Gasteiger charge is 2.31. The van der Waals surface area contributed by atoms with Crippen molar-refractivity contribution in [3.63, 3.8) is 0 Å². The summed E-state index contributed by atoms with van der Waals surface area (Å²) in [5.74, 6) is 0.968. The number of sulfonamides is 1. The van der Waals surface area contributed by atoms with Gasteiger partial charge in [0.15, 0.2) is 5.84 Å². The average molecular weight is 349 g/mol. The van der Waals surface area contributed by atoms with Gasteiger partial charge in [-0.2, -0.15) is 8.42 Å². The van der Waals surface area contributed by atoms with E-state index < -0.39 is 10.0 Å². The molecular formula is C17H23N3O3S. The standard InChI is InChI=1S/C17H23N3O3S/c1-12-7-9-13(10-8-12)18-16(21)11-20(2)17-14-5-3-4-6-15(14)24(22,23)19-17/h3-6,12-13H,7-11H2,1-2H3,(H,18,21). The molecule has 1 aromatic rings. The molecule has 1 amide bonds. The van der Waals surface area contributed by atoms with Gasteiger partial charge in [-0.25, -0.2) is 0 Å². The fraction of sp³-hybridized carbons (Fsp3) is 0.529. The first kappa shape index (κ1) is 17.0. The second kappa shape index (κ2) is 6.55. The molecule has 0 unspecified atom stereocenters. The summed E-state index contributed by atoms with van der Waals surface area (Å²) in [5.41, 5.74) is 0.555. The fourth-order valence-electron chi connectivity index (χ4n) is 3.33. The number of hydrogen-bond acceptors (Lipinski definition) is 4. The Hall–Kier alpha value is -1.89. The summed E-state index contributed by atoms with van der Waals surface area (Å²) in [6, 6.07) is 6.93. The lowest BCUT2D eigenvalue weighted by Gasteiger charge is -2.28. The lowest BCUT2D eigenvalue weighted by atomic mass is 9.87. The molecule has 1 heterocycles. The first-order valence-electron chi connectivity index (χ1n) is 8.31. The van der Waals surface area contributed by atoms with E-state index in [1.807, 2.05) is 0 Å². The van der Waals surface area contributed by atoms with Gasteiger partial charge in [0, 0.05) is 18.7 Å². The quantitative estimate of drug-likeness (QED) is 0.902. The van der Waals surface area contributed by atoms with E-state index in [0.29, 0.717) is 11.4 Å². The molecule has 0 atom stereocenters. The van der Waals surface area contributed by atoms with Gasteiger partial charge >= 0.3 is 0 Å². The van der Waals surface area contributed by atoms with E-state index in [9.17, 15) is 13.2 Å². The Kier molecular flexibility index (Phi) is 4.62. The summed E-state index contributed by atoms with van der Waals surface area (Å²) < 4.78 is 28.0. The third-order valence-corrected chi connectivity index (χ3v) is 6.06. The average Bonchev–Trinajstić information content (AvgIpc) is 2.82. The van der Waals surface area contributed by atoms with E-state index in [-0.39, 0.29) is 23.4 Å². The number of amidine groups is 1. The highest BCUT2D eigenvalue weighted by molar-refractivity contribution is 7.90. The smallest absolute Gasteiger partial charge is 0.285 e. The zero-order valence-corrected chi connectivity index (χ0v) is 14.8. The number of amides is 1. The summed E-state index contributed by atoms with van der Waals surface area (Å²) in [6.45, 7) is 2.33. The fourth-order valence-corrected chi connectivity index (χ4v) is 4.58. The Morgan fingerprint density at radius 1 is 1.25 bits per heavy atom. The van der Waals surface area contributed by atoms with E-state index in [1.54, 1.807) is 30.1 Å². The second-order valence-corrected chi connectivity index (χ2v) is 8.34. The van der Waals surface area contributed by atoms with Gasteiger partial charge in [-0.05, 0) is 43.7 Å². The Morgan fingerprint density at radius 3 is 2.62 bits per heavy atom. The minimum atomic E-state index is -3.65. The minimum Gasteiger partial charge on any atom is -0.352 e. The normalized spacial score (nSPS) is 24.8. The number of carbonyl (C=O) groups is 1. The third kappa shape index (κ3) is 3.45. The van der Waals surface area contributed by atoms with Crippen molar-refractivity contribution in [3.8, 4) is 0 Å². The number of carbonyl (C=O) groups excluding carboxylic acids is 1. The number of nitrogens with zero attached hydrogens (tertiary/aromatic N) is 2. The summed E-state index contributed by atoms with van der Waals surface area (Å²) in [6.07, 6.45) is 4.29. The Labute approximate surface area is 143 Å². The zero-order valence-electron chi connectivity index (χ0n) is 14.0. The van der Waals surface area contributed by atoms with Crippen molar-refractivity contribution >= 4 is 21.8 Å². The molecule has 0 spiro atoms. The van der Waals surface area contributed by atoms with E-state index >= 15 is 0 Å². The topological polar surface area (TPSA) is 78.8 Å². The van der Waals surface area contributed by atoms with Crippen LogP contribution in [0.5, 0.6) is 0 Å². The number of hydrogen-bond donors (Lipinski definition) is 1. The number of nitrogens with one attached hydrogen (secondary N) is 1. The van der Waals surface area contributed by atoms with Crippen molar-refractivity contribution in [2.45, 2.75) is 43.5 Å². The van der Waals surface area contributed by atoms with E-state index in [4.69, 9.17) is 0 Å².